The Balaban J connectivity index is 1.95. The topological polar surface area (TPSA) is 34.1 Å². The van der Waals surface area contributed by atoms with Gasteiger partial charge in [-0.1, -0.05) is 72.8 Å². The van der Waals surface area contributed by atoms with Gasteiger partial charge in [0.15, 0.2) is 0 Å². The second kappa shape index (κ2) is 9.51. The van der Waals surface area contributed by atoms with Gasteiger partial charge in [0.05, 0.1) is 10.8 Å². The normalized spacial score (nSPS) is 12.3. The molecule has 0 amide bonds. The molecule has 4 aromatic carbocycles. The highest BCUT2D eigenvalue weighted by molar-refractivity contribution is 7.96. The molecule has 0 heterocycles. The minimum absolute atomic E-state index is 0.0238. The molecule has 1 unspecified atom stereocenters. The van der Waals surface area contributed by atoms with Gasteiger partial charge in [-0.2, -0.15) is 0 Å². The Labute approximate surface area is 186 Å². The molecular weight excluding hydrogens is 419 g/mol. The van der Waals surface area contributed by atoms with E-state index in [0.29, 0.717) is 16.6 Å². The summed E-state index contributed by atoms with van der Waals surface area (Å²) in [5.41, 5.74) is 0.551. The van der Waals surface area contributed by atoms with Crippen LogP contribution in [0.4, 0.5) is 0 Å². The van der Waals surface area contributed by atoms with Gasteiger partial charge in [-0.25, -0.2) is 0 Å². The van der Waals surface area contributed by atoms with E-state index < -0.39 is 18.1 Å². The summed E-state index contributed by atoms with van der Waals surface area (Å²) in [6.45, 7) is 0. The summed E-state index contributed by atoms with van der Waals surface area (Å²) in [5.74, 6) is 0.0238. The number of Topliss-reactive ketones (excluding diaryl/α,β-unsaturated/α-hetero) is 1. The Bertz CT molecular complexity index is 1090. The van der Waals surface area contributed by atoms with E-state index in [2.05, 4.69) is 36.4 Å². The van der Waals surface area contributed by atoms with E-state index >= 15 is 0 Å². The van der Waals surface area contributed by atoms with E-state index in [1.54, 1.807) is 18.4 Å². The van der Waals surface area contributed by atoms with Gasteiger partial charge in [-0.3, -0.25) is 9.00 Å². The standard InChI is InChI=1S/C27H24O2PS/c1-31(29)27-20-12-11-19-25(27)26(28)21-30(22-13-5-2-6-14-22,23-15-7-3-8-16-23)24-17-9-4-10-18-24/h2-20H,21H2,1H3/q+1. The molecule has 0 saturated heterocycles. The van der Waals surface area contributed by atoms with Crippen molar-refractivity contribution in [1.82, 2.24) is 0 Å². The summed E-state index contributed by atoms with van der Waals surface area (Å²) in [6.07, 6.45) is 1.97. The fourth-order valence-corrected chi connectivity index (χ4v) is 8.87. The summed E-state index contributed by atoms with van der Waals surface area (Å²) in [7, 11) is -3.50. The van der Waals surface area contributed by atoms with Gasteiger partial charge in [0.1, 0.15) is 29.3 Å². The molecular formula is C27H24O2PS+. The molecule has 0 N–H and O–H groups in total. The van der Waals surface area contributed by atoms with Crippen LogP contribution in [0.5, 0.6) is 0 Å². The van der Waals surface area contributed by atoms with E-state index in [9.17, 15) is 9.00 Å². The van der Waals surface area contributed by atoms with Crippen LogP contribution in [0, 0.1) is 0 Å². The van der Waals surface area contributed by atoms with Crippen LogP contribution < -0.4 is 15.9 Å². The van der Waals surface area contributed by atoms with Crippen LogP contribution in [0.1, 0.15) is 10.4 Å². The maximum Gasteiger partial charge on any atom is 0.202 e. The second-order valence-electron chi connectivity index (χ2n) is 7.35. The molecule has 31 heavy (non-hydrogen) atoms. The molecule has 0 aromatic heterocycles. The summed E-state index contributed by atoms with van der Waals surface area (Å²) < 4.78 is 12.3. The monoisotopic (exact) mass is 443 g/mol. The average Bonchev–Trinajstić information content (AvgIpc) is 2.84. The number of carbonyl (C=O) groups excluding carboxylic acids is 1. The minimum atomic E-state index is -2.27. The first-order valence-electron chi connectivity index (χ1n) is 10.1. The zero-order chi connectivity index (χ0) is 21.7. The number of benzene rings is 4. The summed E-state index contributed by atoms with van der Waals surface area (Å²) in [5, 5.41) is 3.49. The first-order chi connectivity index (χ1) is 15.1. The van der Waals surface area contributed by atoms with Crippen molar-refractivity contribution in [1.29, 1.82) is 0 Å². The quantitative estimate of drug-likeness (QED) is 0.309. The molecule has 4 heteroatoms. The van der Waals surface area contributed by atoms with Crippen molar-refractivity contribution in [3.05, 3.63) is 121 Å². The van der Waals surface area contributed by atoms with Crippen molar-refractivity contribution < 1.29 is 9.00 Å². The molecule has 4 rings (SSSR count). The van der Waals surface area contributed by atoms with Crippen LogP contribution in [0.2, 0.25) is 0 Å². The van der Waals surface area contributed by atoms with Crippen LogP contribution in [-0.4, -0.2) is 22.4 Å². The number of carbonyl (C=O) groups is 1. The fraction of sp³-hybridized carbons (Fsp3) is 0.0741. The number of rotatable bonds is 7. The first-order valence-corrected chi connectivity index (χ1v) is 13.7. The van der Waals surface area contributed by atoms with Gasteiger partial charge < -0.3 is 0 Å². The summed E-state index contributed by atoms with van der Waals surface area (Å²) >= 11 is 0. The second-order valence-corrected chi connectivity index (χ2v) is 12.2. The Hall–Kier alpha value is -2.87. The lowest BCUT2D eigenvalue weighted by Crippen LogP contribution is -2.36. The van der Waals surface area contributed by atoms with Gasteiger partial charge in [0, 0.05) is 16.7 Å². The number of hydrogen-bond acceptors (Lipinski definition) is 2. The predicted octanol–water partition coefficient (Wildman–Crippen LogP) is 4.60. The van der Waals surface area contributed by atoms with Gasteiger partial charge >= 0.3 is 0 Å². The molecule has 2 nitrogen and oxygen atoms in total. The van der Waals surface area contributed by atoms with Crippen LogP contribution in [0.3, 0.4) is 0 Å². The van der Waals surface area contributed by atoms with E-state index in [1.165, 1.54) is 0 Å². The zero-order valence-corrected chi connectivity index (χ0v) is 19.1. The number of ketones is 1. The molecule has 0 bridgehead atoms. The van der Waals surface area contributed by atoms with E-state index in [-0.39, 0.29) is 5.78 Å². The first kappa shape index (κ1) is 21.4. The van der Waals surface area contributed by atoms with Crippen molar-refractivity contribution in [3.63, 3.8) is 0 Å². The molecule has 0 radical (unpaired) electrons. The molecule has 0 spiro atoms. The average molecular weight is 444 g/mol. The maximum atomic E-state index is 13.8. The van der Waals surface area contributed by atoms with Gasteiger partial charge in [-0.05, 0) is 42.5 Å². The fourth-order valence-electron chi connectivity index (χ4n) is 4.02. The Morgan fingerprint density at radius 1 is 0.645 bits per heavy atom. The zero-order valence-electron chi connectivity index (χ0n) is 17.3. The van der Waals surface area contributed by atoms with Crippen LogP contribution in [0.15, 0.2) is 120 Å². The van der Waals surface area contributed by atoms with Crippen molar-refractivity contribution in [2.24, 2.45) is 0 Å². The minimum Gasteiger partial charge on any atom is -0.290 e. The van der Waals surface area contributed by atoms with E-state index in [4.69, 9.17) is 0 Å². The smallest absolute Gasteiger partial charge is 0.202 e. The molecule has 1 atom stereocenters. The highest BCUT2D eigenvalue weighted by atomic mass is 32.2. The third kappa shape index (κ3) is 4.30. The van der Waals surface area contributed by atoms with Gasteiger partial charge in [0.2, 0.25) is 5.78 Å². The highest BCUT2D eigenvalue weighted by Gasteiger charge is 2.47. The third-order valence-electron chi connectivity index (χ3n) is 5.47. The Kier molecular flexibility index (Phi) is 6.56. The molecule has 0 aliphatic rings. The molecule has 0 saturated carbocycles. The lowest BCUT2D eigenvalue weighted by Gasteiger charge is -2.27. The third-order valence-corrected chi connectivity index (χ3v) is 10.7. The Morgan fingerprint density at radius 2 is 1.03 bits per heavy atom. The maximum absolute atomic E-state index is 13.8. The molecule has 0 fully saturated rings. The van der Waals surface area contributed by atoms with Gasteiger partial charge in [0.25, 0.3) is 0 Å². The SMILES string of the molecule is CS(=O)c1ccccc1C(=O)C[P+](c1ccccc1)(c1ccccc1)c1ccccc1. The Morgan fingerprint density at radius 3 is 1.45 bits per heavy atom. The summed E-state index contributed by atoms with van der Waals surface area (Å²) in [4.78, 5) is 14.4. The largest absolute Gasteiger partial charge is 0.290 e. The van der Waals surface area contributed by atoms with Crippen molar-refractivity contribution in [2.45, 2.75) is 4.90 Å². The molecule has 4 aromatic rings. The molecule has 0 aliphatic heterocycles. The van der Waals surface area contributed by atoms with Crippen molar-refractivity contribution in [3.8, 4) is 0 Å². The van der Waals surface area contributed by atoms with Crippen molar-refractivity contribution in [2.75, 3.05) is 12.4 Å². The highest BCUT2D eigenvalue weighted by Crippen LogP contribution is 2.55. The molecule has 154 valence electrons. The number of hydrogen-bond donors (Lipinski definition) is 0. The lowest BCUT2D eigenvalue weighted by molar-refractivity contribution is 0.101. The predicted molar refractivity (Wildman–Crippen MR) is 133 cm³/mol. The molecule has 0 aliphatic carbocycles. The van der Waals surface area contributed by atoms with Gasteiger partial charge in [-0.15, -0.1) is 0 Å². The van der Waals surface area contributed by atoms with E-state index in [1.807, 2.05) is 66.7 Å². The lowest BCUT2D eigenvalue weighted by atomic mass is 10.1. The van der Waals surface area contributed by atoms with Crippen LogP contribution >= 0.6 is 7.26 Å². The van der Waals surface area contributed by atoms with E-state index in [0.717, 1.165) is 15.9 Å². The van der Waals surface area contributed by atoms with Crippen LogP contribution in [-0.2, 0) is 10.8 Å². The summed E-state index contributed by atoms with van der Waals surface area (Å²) in [6, 6.07) is 38.3. The van der Waals surface area contributed by atoms with Crippen molar-refractivity contribution >= 4 is 39.8 Å². The van der Waals surface area contributed by atoms with Crippen LogP contribution in [0.25, 0.3) is 0 Å².